The van der Waals surface area contributed by atoms with Crippen LogP contribution in [0.15, 0.2) is 60.7 Å². The van der Waals surface area contributed by atoms with Crippen molar-refractivity contribution < 1.29 is 10.2 Å². The second-order valence-electron chi connectivity index (χ2n) is 8.25. The van der Waals surface area contributed by atoms with E-state index in [0.717, 1.165) is 32.1 Å². The quantitative estimate of drug-likeness (QED) is 0.828. The second-order valence-corrected chi connectivity index (χ2v) is 8.25. The molecule has 0 amide bonds. The van der Waals surface area contributed by atoms with Crippen molar-refractivity contribution in [3.05, 3.63) is 71.8 Å². The molecule has 0 heterocycles. The molecule has 2 N–H and O–H groups in total. The Hall–Kier alpha value is -1.64. The Morgan fingerprint density at radius 1 is 0.654 bits per heavy atom. The summed E-state index contributed by atoms with van der Waals surface area (Å²) in [5, 5.41) is 21.2. The molecule has 0 radical (unpaired) electrons. The third kappa shape index (κ3) is 3.58. The molecular formula is C24H30O2. The van der Waals surface area contributed by atoms with Gasteiger partial charge in [0.1, 0.15) is 0 Å². The van der Waals surface area contributed by atoms with E-state index in [9.17, 15) is 10.2 Å². The zero-order valence-corrected chi connectivity index (χ0v) is 15.4. The van der Waals surface area contributed by atoms with Crippen molar-refractivity contribution >= 4 is 0 Å². The maximum absolute atomic E-state index is 10.9. The highest BCUT2D eigenvalue weighted by Gasteiger charge is 2.43. The Labute approximate surface area is 156 Å². The molecule has 6 atom stereocenters. The molecule has 0 spiro atoms. The van der Waals surface area contributed by atoms with Crippen LogP contribution in [-0.2, 0) is 0 Å². The van der Waals surface area contributed by atoms with Crippen LogP contribution in [0.5, 0.6) is 0 Å². The molecule has 2 aromatic rings. The fourth-order valence-corrected chi connectivity index (χ4v) is 5.60. The Bertz CT molecular complexity index is 684. The lowest BCUT2D eigenvalue weighted by Gasteiger charge is -2.46. The number of hydrogen-bond acceptors (Lipinski definition) is 2. The first-order valence-corrected chi connectivity index (χ1v) is 10.2. The van der Waals surface area contributed by atoms with Gasteiger partial charge in [-0.3, -0.25) is 0 Å². The highest BCUT2D eigenvalue weighted by molar-refractivity contribution is 5.26. The first-order valence-electron chi connectivity index (χ1n) is 10.2. The molecule has 2 aliphatic carbocycles. The lowest BCUT2D eigenvalue weighted by atomic mass is 9.60. The van der Waals surface area contributed by atoms with Crippen LogP contribution in [0.4, 0.5) is 0 Å². The molecule has 2 aliphatic rings. The summed E-state index contributed by atoms with van der Waals surface area (Å²) < 4.78 is 0. The summed E-state index contributed by atoms with van der Waals surface area (Å²) in [6.45, 7) is 0. The predicted molar refractivity (Wildman–Crippen MR) is 105 cm³/mol. The number of hydrogen-bond donors (Lipinski definition) is 2. The smallest absolute Gasteiger partial charge is 0.0611 e. The molecule has 2 aromatic carbocycles. The molecule has 2 nitrogen and oxygen atoms in total. The van der Waals surface area contributed by atoms with Crippen LogP contribution in [0.2, 0.25) is 0 Å². The van der Waals surface area contributed by atoms with Crippen molar-refractivity contribution in [3.8, 4) is 0 Å². The lowest BCUT2D eigenvalue weighted by Crippen LogP contribution is -2.39. The van der Waals surface area contributed by atoms with Crippen LogP contribution in [0, 0.1) is 11.8 Å². The van der Waals surface area contributed by atoms with Gasteiger partial charge in [-0.05, 0) is 61.0 Å². The van der Waals surface area contributed by atoms with Gasteiger partial charge in [0.2, 0.25) is 0 Å². The molecule has 138 valence electrons. The van der Waals surface area contributed by atoms with Gasteiger partial charge in [-0.1, -0.05) is 67.1 Å². The average molecular weight is 351 g/mol. The first kappa shape index (κ1) is 17.8. The number of aliphatic hydroxyl groups is 2. The van der Waals surface area contributed by atoms with Crippen LogP contribution in [0.25, 0.3) is 0 Å². The topological polar surface area (TPSA) is 40.5 Å². The Morgan fingerprint density at radius 2 is 1.31 bits per heavy atom. The predicted octanol–water partition coefficient (Wildman–Crippen LogP) is 4.88. The highest BCUT2D eigenvalue weighted by atomic mass is 16.3. The Kier molecular flexibility index (Phi) is 5.42. The normalized spacial score (nSPS) is 35.2. The van der Waals surface area contributed by atoms with Gasteiger partial charge in [-0.15, -0.1) is 0 Å². The van der Waals surface area contributed by atoms with Crippen molar-refractivity contribution in [1.29, 1.82) is 0 Å². The van der Waals surface area contributed by atoms with Gasteiger partial charge in [-0.25, -0.2) is 0 Å². The SMILES string of the molecule is OC1CCC(C2CCCC(O)C2c2ccccc2)C(c2ccccc2)C1. The van der Waals surface area contributed by atoms with Crippen LogP contribution in [0.1, 0.15) is 61.5 Å². The summed E-state index contributed by atoms with van der Waals surface area (Å²) in [5.74, 6) is 1.62. The van der Waals surface area contributed by atoms with E-state index < -0.39 is 0 Å². The molecule has 6 unspecified atom stereocenters. The summed E-state index contributed by atoms with van der Waals surface area (Å²) in [6, 6.07) is 21.3. The third-order valence-corrected chi connectivity index (χ3v) is 6.75. The van der Waals surface area contributed by atoms with Gasteiger partial charge >= 0.3 is 0 Å². The van der Waals surface area contributed by atoms with Gasteiger partial charge in [-0.2, -0.15) is 0 Å². The average Bonchev–Trinajstić information content (AvgIpc) is 2.69. The van der Waals surface area contributed by atoms with E-state index >= 15 is 0 Å². The van der Waals surface area contributed by atoms with Crippen molar-refractivity contribution in [2.45, 2.75) is 62.6 Å². The molecule has 0 aliphatic heterocycles. The van der Waals surface area contributed by atoms with E-state index in [-0.39, 0.29) is 18.1 Å². The zero-order chi connectivity index (χ0) is 17.9. The molecule has 0 saturated heterocycles. The number of aliphatic hydroxyl groups excluding tert-OH is 2. The number of benzene rings is 2. The van der Waals surface area contributed by atoms with Crippen LogP contribution >= 0.6 is 0 Å². The van der Waals surface area contributed by atoms with E-state index in [2.05, 4.69) is 60.7 Å². The molecule has 2 heteroatoms. The molecule has 0 bridgehead atoms. The maximum Gasteiger partial charge on any atom is 0.0611 e. The van der Waals surface area contributed by atoms with E-state index in [1.807, 2.05) is 0 Å². The molecule has 2 saturated carbocycles. The fourth-order valence-electron chi connectivity index (χ4n) is 5.60. The van der Waals surface area contributed by atoms with E-state index in [0.29, 0.717) is 17.8 Å². The fraction of sp³-hybridized carbons (Fsp3) is 0.500. The van der Waals surface area contributed by atoms with E-state index in [1.165, 1.54) is 17.5 Å². The zero-order valence-electron chi connectivity index (χ0n) is 15.4. The van der Waals surface area contributed by atoms with Crippen LogP contribution in [0.3, 0.4) is 0 Å². The molecule has 26 heavy (non-hydrogen) atoms. The van der Waals surface area contributed by atoms with Crippen LogP contribution in [-0.4, -0.2) is 22.4 Å². The molecule has 2 fully saturated rings. The summed E-state index contributed by atoms with van der Waals surface area (Å²) in [4.78, 5) is 0. The van der Waals surface area contributed by atoms with Gasteiger partial charge in [0.05, 0.1) is 12.2 Å². The third-order valence-electron chi connectivity index (χ3n) is 6.75. The van der Waals surface area contributed by atoms with Gasteiger partial charge < -0.3 is 10.2 Å². The van der Waals surface area contributed by atoms with Crippen molar-refractivity contribution in [2.24, 2.45) is 11.8 Å². The summed E-state index contributed by atoms with van der Waals surface area (Å²) in [6.07, 6.45) is 5.55. The minimum Gasteiger partial charge on any atom is -0.393 e. The van der Waals surface area contributed by atoms with E-state index in [1.54, 1.807) is 0 Å². The minimum atomic E-state index is -0.251. The molecule has 4 rings (SSSR count). The monoisotopic (exact) mass is 350 g/mol. The molecule has 0 aromatic heterocycles. The van der Waals surface area contributed by atoms with Crippen molar-refractivity contribution in [3.63, 3.8) is 0 Å². The lowest BCUT2D eigenvalue weighted by molar-refractivity contribution is 0.0148. The summed E-state index contributed by atoms with van der Waals surface area (Å²) in [7, 11) is 0. The largest absolute Gasteiger partial charge is 0.393 e. The maximum atomic E-state index is 10.9. The van der Waals surface area contributed by atoms with Crippen molar-refractivity contribution in [2.75, 3.05) is 0 Å². The summed E-state index contributed by atoms with van der Waals surface area (Å²) >= 11 is 0. The number of rotatable bonds is 3. The standard InChI is InChI=1S/C24H30O2/c25-19-14-15-20(22(16-19)17-8-3-1-4-9-17)21-12-7-13-23(26)24(21)18-10-5-2-6-11-18/h1-6,8-11,19-26H,7,12-16H2. The highest BCUT2D eigenvalue weighted by Crippen LogP contribution is 2.51. The minimum absolute atomic E-state index is 0.194. The first-order chi connectivity index (χ1) is 12.7. The second kappa shape index (κ2) is 7.94. The van der Waals surface area contributed by atoms with Gasteiger partial charge in [0.25, 0.3) is 0 Å². The Balaban J connectivity index is 1.67. The molecular weight excluding hydrogens is 320 g/mol. The van der Waals surface area contributed by atoms with Gasteiger partial charge in [0.15, 0.2) is 0 Å². The van der Waals surface area contributed by atoms with Gasteiger partial charge in [0, 0.05) is 5.92 Å². The Morgan fingerprint density at radius 3 is 2.00 bits per heavy atom. The van der Waals surface area contributed by atoms with Crippen molar-refractivity contribution in [1.82, 2.24) is 0 Å². The van der Waals surface area contributed by atoms with E-state index in [4.69, 9.17) is 0 Å². The van der Waals surface area contributed by atoms with Crippen LogP contribution < -0.4 is 0 Å². The summed E-state index contributed by atoms with van der Waals surface area (Å²) in [5.41, 5.74) is 2.63.